The maximum absolute atomic E-state index is 12.4. The van der Waals surface area contributed by atoms with E-state index in [1.807, 2.05) is 44.2 Å². The quantitative estimate of drug-likeness (QED) is 0.246. The lowest BCUT2D eigenvalue weighted by Gasteiger charge is -2.25. The molecule has 31 heavy (non-hydrogen) atoms. The zero-order valence-corrected chi connectivity index (χ0v) is 18.4. The standard InChI is InChI=1S/C22H35N3O6/c1-17(2)12-13-25(14-15-26)22(30)23-19(21(28)29)10-6-7-11-20(27)24-31-16-18-8-4-3-5-9-18/h3-5,8-9,17,19,26H,6-7,10-16H2,1-2H3,(H,23,30)(H,24,27)(H,28,29)/t19-/m0/s1. The number of hydrogen-bond acceptors (Lipinski definition) is 5. The number of amides is 3. The molecule has 0 heterocycles. The van der Waals surface area contributed by atoms with Gasteiger partial charge in [0.15, 0.2) is 0 Å². The Morgan fingerprint density at radius 2 is 1.77 bits per heavy atom. The van der Waals surface area contributed by atoms with Crippen LogP contribution in [0.2, 0.25) is 0 Å². The highest BCUT2D eigenvalue weighted by atomic mass is 16.6. The van der Waals surface area contributed by atoms with Crippen LogP contribution >= 0.6 is 0 Å². The maximum atomic E-state index is 12.4. The van der Waals surface area contributed by atoms with Gasteiger partial charge < -0.3 is 20.4 Å². The lowest BCUT2D eigenvalue weighted by Crippen LogP contribution is -2.49. The summed E-state index contributed by atoms with van der Waals surface area (Å²) in [4.78, 5) is 42.3. The third-order valence-electron chi connectivity index (χ3n) is 4.64. The molecule has 0 saturated heterocycles. The van der Waals surface area contributed by atoms with Crippen LogP contribution in [-0.2, 0) is 21.0 Å². The molecule has 0 aliphatic rings. The van der Waals surface area contributed by atoms with Gasteiger partial charge in [-0.3, -0.25) is 9.63 Å². The normalized spacial score (nSPS) is 11.7. The van der Waals surface area contributed by atoms with Crippen molar-refractivity contribution in [2.75, 3.05) is 19.7 Å². The molecule has 9 heteroatoms. The summed E-state index contributed by atoms with van der Waals surface area (Å²) in [5, 5.41) is 21.1. The van der Waals surface area contributed by atoms with Crippen molar-refractivity contribution in [2.24, 2.45) is 5.92 Å². The summed E-state index contributed by atoms with van der Waals surface area (Å²) in [7, 11) is 0. The number of nitrogens with zero attached hydrogens (tertiary/aromatic N) is 1. The largest absolute Gasteiger partial charge is 0.480 e. The highest BCUT2D eigenvalue weighted by Gasteiger charge is 2.23. The van der Waals surface area contributed by atoms with Crippen molar-refractivity contribution in [3.05, 3.63) is 35.9 Å². The van der Waals surface area contributed by atoms with Gasteiger partial charge in [-0.1, -0.05) is 50.6 Å². The molecule has 9 nitrogen and oxygen atoms in total. The molecular weight excluding hydrogens is 402 g/mol. The fourth-order valence-electron chi connectivity index (χ4n) is 2.81. The van der Waals surface area contributed by atoms with E-state index < -0.39 is 18.0 Å². The number of carbonyl (C=O) groups is 3. The molecule has 1 atom stereocenters. The fourth-order valence-corrected chi connectivity index (χ4v) is 2.81. The molecule has 1 rings (SSSR count). The molecule has 174 valence electrons. The van der Waals surface area contributed by atoms with Crippen LogP contribution in [-0.4, -0.2) is 58.8 Å². The maximum Gasteiger partial charge on any atom is 0.326 e. The molecule has 0 saturated carbocycles. The van der Waals surface area contributed by atoms with Crippen molar-refractivity contribution < 1.29 is 29.4 Å². The Kier molecular flexibility index (Phi) is 12.9. The van der Waals surface area contributed by atoms with Gasteiger partial charge in [-0.2, -0.15) is 0 Å². The van der Waals surface area contributed by atoms with Crippen molar-refractivity contribution in [3.8, 4) is 0 Å². The number of aliphatic hydroxyl groups is 1. The lowest BCUT2D eigenvalue weighted by molar-refractivity contribution is -0.139. The van der Waals surface area contributed by atoms with E-state index in [1.165, 1.54) is 4.90 Å². The number of aliphatic hydroxyl groups excluding tert-OH is 1. The average molecular weight is 438 g/mol. The third-order valence-corrected chi connectivity index (χ3v) is 4.64. The number of rotatable bonds is 15. The summed E-state index contributed by atoms with van der Waals surface area (Å²) in [6.45, 7) is 4.72. The Morgan fingerprint density at radius 3 is 2.39 bits per heavy atom. The third kappa shape index (κ3) is 12.0. The van der Waals surface area contributed by atoms with Gasteiger partial charge in [0.2, 0.25) is 5.91 Å². The monoisotopic (exact) mass is 437 g/mol. The number of hydroxylamine groups is 1. The molecule has 4 N–H and O–H groups in total. The summed E-state index contributed by atoms with van der Waals surface area (Å²) in [5.74, 6) is -1.03. The van der Waals surface area contributed by atoms with E-state index in [-0.39, 0.29) is 38.5 Å². The summed E-state index contributed by atoms with van der Waals surface area (Å²) >= 11 is 0. The van der Waals surface area contributed by atoms with E-state index in [9.17, 15) is 19.5 Å². The van der Waals surface area contributed by atoms with E-state index >= 15 is 0 Å². The number of aliphatic carboxylic acids is 1. The smallest absolute Gasteiger partial charge is 0.326 e. The number of nitrogens with one attached hydrogen (secondary N) is 2. The van der Waals surface area contributed by atoms with Crippen LogP contribution in [0.15, 0.2) is 30.3 Å². The van der Waals surface area contributed by atoms with Crippen molar-refractivity contribution in [3.63, 3.8) is 0 Å². The molecule has 0 fully saturated rings. The molecule has 0 unspecified atom stereocenters. The minimum atomic E-state index is -1.13. The molecule has 0 bridgehead atoms. The first-order valence-corrected chi connectivity index (χ1v) is 10.7. The van der Waals surface area contributed by atoms with Crippen LogP contribution in [0.3, 0.4) is 0 Å². The van der Waals surface area contributed by atoms with Gasteiger partial charge in [0.25, 0.3) is 0 Å². The zero-order valence-electron chi connectivity index (χ0n) is 18.4. The summed E-state index contributed by atoms with van der Waals surface area (Å²) in [6, 6.07) is 7.87. The van der Waals surface area contributed by atoms with Gasteiger partial charge in [-0.05, 0) is 30.7 Å². The number of carboxylic acids is 1. The number of carbonyl (C=O) groups excluding carboxylic acids is 2. The van der Waals surface area contributed by atoms with Crippen LogP contribution in [0, 0.1) is 5.92 Å². The number of carboxylic acid groups (broad SMARTS) is 1. The van der Waals surface area contributed by atoms with Gasteiger partial charge in [0.05, 0.1) is 13.2 Å². The minimum Gasteiger partial charge on any atom is -0.480 e. The van der Waals surface area contributed by atoms with Crippen LogP contribution in [0.4, 0.5) is 4.79 Å². The topological polar surface area (TPSA) is 128 Å². The molecule has 0 aliphatic carbocycles. The second-order valence-electron chi connectivity index (χ2n) is 7.78. The first-order valence-electron chi connectivity index (χ1n) is 10.7. The van der Waals surface area contributed by atoms with Crippen molar-refractivity contribution in [2.45, 2.75) is 58.6 Å². The van der Waals surface area contributed by atoms with Crippen LogP contribution in [0.1, 0.15) is 51.5 Å². The van der Waals surface area contributed by atoms with Crippen molar-refractivity contribution in [1.82, 2.24) is 15.7 Å². The van der Waals surface area contributed by atoms with Crippen LogP contribution in [0.5, 0.6) is 0 Å². The molecule has 0 radical (unpaired) electrons. The SMILES string of the molecule is CC(C)CCN(CCO)C(=O)N[C@@H](CCCCC(=O)NOCc1ccccc1)C(=O)O. The summed E-state index contributed by atoms with van der Waals surface area (Å²) in [5.41, 5.74) is 3.31. The van der Waals surface area contributed by atoms with Crippen LogP contribution < -0.4 is 10.8 Å². The second-order valence-corrected chi connectivity index (χ2v) is 7.78. The first-order chi connectivity index (χ1) is 14.8. The van der Waals surface area contributed by atoms with E-state index in [2.05, 4.69) is 10.8 Å². The van der Waals surface area contributed by atoms with Gasteiger partial charge in [0.1, 0.15) is 6.04 Å². The van der Waals surface area contributed by atoms with Gasteiger partial charge >= 0.3 is 12.0 Å². The van der Waals surface area contributed by atoms with Gasteiger partial charge in [-0.25, -0.2) is 15.1 Å². The fraction of sp³-hybridized carbons (Fsp3) is 0.591. The summed E-state index contributed by atoms with van der Waals surface area (Å²) in [6.07, 6.45) is 2.08. The highest BCUT2D eigenvalue weighted by Crippen LogP contribution is 2.07. The Balaban J connectivity index is 2.33. The van der Waals surface area contributed by atoms with E-state index in [4.69, 9.17) is 9.94 Å². The zero-order chi connectivity index (χ0) is 23.1. The predicted octanol–water partition coefficient (Wildman–Crippen LogP) is 2.30. The van der Waals surface area contributed by atoms with E-state index in [0.717, 1.165) is 12.0 Å². The number of benzene rings is 1. The number of hydrogen-bond donors (Lipinski definition) is 4. The molecule has 3 amide bonds. The Morgan fingerprint density at radius 1 is 1.06 bits per heavy atom. The molecular formula is C22H35N3O6. The lowest BCUT2D eigenvalue weighted by atomic mass is 10.1. The summed E-state index contributed by atoms with van der Waals surface area (Å²) < 4.78 is 0. The number of unbranched alkanes of at least 4 members (excludes halogenated alkanes) is 1. The minimum absolute atomic E-state index is 0.147. The molecule has 0 aromatic heterocycles. The Labute approximate surface area is 183 Å². The second kappa shape index (κ2) is 15.2. The molecule has 0 spiro atoms. The molecule has 1 aromatic carbocycles. The predicted molar refractivity (Wildman–Crippen MR) is 116 cm³/mol. The molecule has 0 aliphatic heterocycles. The van der Waals surface area contributed by atoms with Crippen LogP contribution in [0.25, 0.3) is 0 Å². The Bertz CT molecular complexity index is 668. The van der Waals surface area contributed by atoms with E-state index in [0.29, 0.717) is 25.3 Å². The van der Waals surface area contributed by atoms with Gasteiger partial charge in [-0.15, -0.1) is 0 Å². The Hall–Kier alpha value is -2.65. The first kappa shape index (κ1) is 26.4. The van der Waals surface area contributed by atoms with E-state index in [1.54, 1.807) is 0 Å². The van der Waals surface area contributed by atoms with Crippen molar-refractivity contribution >= 4 is 17.9 Å². The highest BCUT2D eigenvalue weighted by molar-refractivity contribution is 5.82. The number of urea groups is 1. The molecule has 1 aromatic rings. The van der Waals surface area contributed by atoms with Gasteiger partial charge in [0, 0.05) is 19.5 Å². The average Bonchev–Trinajstić information content (AvgIpc) is 2.73. The van der Waals surface area contributed by atoms with Crippen molar-refractivity contribution in [1.29, 1.82) is 0 Å².